The number of benzene rings is 2. The number of nitrogens with zero attached hydrogens (tertiary/aromatic N) is 3. The molecule has 2 amide bonds. The zero-order chi connectivity index (χ0) is 19.5. The van der Waals surface area contributed by atoms with Gasteiger partial charge in [0.2, 0.25) is 0 Å². The summed E-state index contributed by atoms with van der Waals surface area (Å²) in [6, 6.07) is 17.8. The summed E-state index contributed by atoms with van der Waals surface area (Å²) in [5.41, 5.74) is 3.39. The lowest BCUT2D eigenvalue weighted by atomic mass is 10.0. The van der Waals surface area contributed by atoms with Gasteiger partial charge in [0, 0.05) is 37.1 Å². The van der Waals surface area contributed by atoms with E-state index in [4.69, 9.17) is 0 Å². The van der Waals surface area contributed by atoms with Gasteiger partial charge in [-0.2, -0.15) is 0 Å². The van der Waals surface area contributed by atoms with Crippen LogP contribution in [0, 0.1) is 6.92 Å². The zero-order valence-corrected chi connectivity index (χ0v) is 16.5. The van der Waals surface area contributed by atoms with Crippen LogP contribution in [0.25, 0.3) is 11.1 Å². The third-order valence-electron chi connectivity index (χ3n) is 4.93. The van der Waals surface area contributed by atoms with Crippen LogP contribution in [-0.4, -0.2) is 52.8 Å². The highest BCUT2D eigenvalue weighted by molar-refractivity contribution is 7.09. The van der Waals surface area contributed by atoms with Crippen molar-refractivity contribution in [1.29, 1.82) is 0 Å². The highest BCUT2D eigenvalue weighted by atomic mass is 32.1. The summed E-state index contributed by atoms with van der Waals surface area (Å²) in [5.74, 6) is -0.0418. The minimum atomic E-state index is -0.0522. The molecule has 2 aromatic carbocycles. The van der Waals surface area contributed by atoms with Crippen molar-refractivity contribution >= 4 is 23.2 Å². The predicted molar refractivity (Wildman–Crippen MR) is 111 cm³/mol. The van der Waals surface area contributed by atoms with Crippen molar-refractivity contribution in [2.45, 2.75) is 6.92 Å². The molecule has 4 rings (SSSR count). The van der Waals surface area contributed by atoms with Crippen LogP contribution in [0.1, 0.15) is 25.9 Å². The Labute approximate surface area is 168 Å². The first-order valence-corrected chi connectivity index (χ1v) is 10.2. The van der Waals surface area contributed by atoms with Crippen molar-refractivity contribution < 1.29 is 9.59 Å². The van der Waals surface area contributed by atoms with Gasteiger partial charge in [-0.15, -0.1) is 11.3 Å². The maximum absolute atomic E-state index is 12.8. The Morgan fingerprint density at radius 3 is 1.96 bits per heavy atom. The molecule has 1 saturated heterocycles. The number of aromatic nitrogens is 1. The summed E-state index contributed by atoms with van der Waals surface area (Å²) in [6.07, 6.45) is 0. The van der Waals surface area contributed by atoms with Crippen LogP contribution in [0.15, 0.2) is 60.0 Å². The molecule has 1 aliphatic rings. The summed E-state index contributed by atoms with van der Waals surface area (Å²) < 4.78 is 0. The van der Waals surface area contributed by atoms with Crippen molar-refractivity contribution in [3.05, 3.63) is 76.2 Å². The first-order chi connectivity index (χ1) is 13.6. The monoisotopic (exact) mass is 391 g/mol. The van der Waals surface area contributed by atoms with E-state index in [9.17, 15) is 9.59 Å². The largest absolute Gasteiger partial charge is 0.335 e. The molecule has 0 bridgehead atoms. The highest BCUT2D eigenvalue weighted by Crippen LogP contribution is 2.20. The third-order valence-corrected chi connectivity index (χ3v) is 5.70. The van der Waals surface area contributed by atoms with Gasteiger partial charge in [-0.25, -0.2) is 4.98 Å². The van der Waals surface area contributed by atoms with Gasteiger partial charge in [0.15, 0.2) is 0 Å². The maximum atomic E-state index is 12.8. The Morgan fingerprint density at radius 2 is 1.39 bits per heavy atom. The molecular formula is C22H21N3O2S. The van der Waals surface area contributed by atoms with Gasteiger partial charge in [-0.3, -0.25) is 9.59 Å². The second-order valence-corrected chi connectivity index (χ2v) is 7.84. The molecule has 1 aromatic heterocycles. The van der Waals surface area contributed by atoms with E-state index in [0.29, 0.717) is 37.4 Å². The molecule has 6 heteroatoms. The first kappa shape index (κ1) is 18.4. The SMILES string of the molecule is Cc1nc(C(=O)N2CCN(C(=O)c3ccc(-c4ccccc4)cc3)CC2)cs1. The Balaban J connectivity index is 1.38. The van der Waals surface area contributed by atoms with Crippen LogP contribution >= 0.6 is 11.3 Å². The van der Waals surface area contributed by atoms with Crippen molar-refractivity contribution in [2.24, 2.45) is 0 Å². The first-order valence-electron chi connectivity index (χ1n) is 9.28. The summed E-state index contributed by atoms with van der Waals surface area (Å²) in [4.78, 5) is 33.2. The molecule has 3 aromatic rings. The lowest BCUT2D eigenvalue weighted by Gasteiger charge is -2.34. The molecule has 0 radical (unpaired) electrons. The van der Waals surface area contributed by atoms with Crippen LogP contribution in [0.2, 0.25) is 0 Å². The van der Waals surface area contributed by atoms with Crippen LogP contribution in [0.4, 0.5) is 0 Å². The molecule has 142 valence electrons. The molecular weight excluding hydrogens is 370 g/mol. The number of aryl methyl sites for hydroxylation is 1. The fraction of sp³-hybridized carbons (Fsp3) is 0.227. The van der Waals surface area contributed by atoms with E-state index in [1.165, 1.54) is 11.3 Å². The molecule has 0 saturated carbocycles. The normalized spacial score (nSPS) is 14.2. The van der Waals surface area contributed by atoms with Gasteiger partial charge >= 0.3 is 0 Å². The maximum Gasteiger partial charge on any atom is 0.273 e. The summed E-state index contributed by atoms with van der Waals surface area (Å²) >= 11 is 1.48. The third kappa shape index (κ3) is 3.82. The van der Waals surface area contributed by atoms with Gasteiger partial charge in [0.1, 0.15) is 5.69 Å². The van der Waals surface area contributed by atoms with E-state index >= 15 is 0 Å². The fourth-order valence-electron chi connectivity index (χ4n) is 3.35. The Hall–Kier alpha value is -2.99. The smallest absolute Gasteiger partial charge is 0.273 e. The quantitative estimate of drug-likeness (QED) is 0.684. The van der Waals surface area contributed by atoms with Gasteiger partial charge in [-0.05, 0) is 30.2 Å². The molecule has 2 heterocycles. The molecule has 28 heavy (non-hydrogen) atoms. The number of hydrogen-bond acceptors (Lipinski definition) is 4. The molecule has 0 unspecified atom stereocenters. The van der Waals surface area contributed by atoms with Crippen molar-refractivity contribution in [1.82, 2.24) is 14.8 Å². The second kappa shape index (κ2) is 7.94. The number of rotatable bonds is 3. The zero-order valence-electron chi connectivity index (χ0n) is 15.7. The van der Waals surface area contributed by atoms with E-state index in [-0.39, 0.29) is 11.8 Å². The van der Waals surface area contributed by atoms with E-state index in [1.807, 2.05) is 54.3 Å². The molecule has 0 spiro atoms. The van der Waals surface area contributed by atoms with Gasteiger partial charge < -0.3 is 9.80 Å². The van der Waals surface area contributed by atoms with Crippen LogP contribution in [-0.2, 0) is 0 Å². The van der Waals surface area contributed by atoms with E-state index in [1.54, 1.807) is 10.3 Å². The molecule has 1 fully saturated rings. The van der Waals surface area contributed by atoms with E-state index in [0.717, 1.165) is 16.1 Å². The number of amides is 2. The van der Waals surface area contributed by atoms with Crippen LogP contribution in [0.5, 0.6) is 0 Å². The van der Waals surface area contributed by atoms with Crippen molar-refractivity contribution in [2.75, 3.05) is 26.2 Å². The van der Waals surface area contributed by atoms with Crippen molar-refractivity contribution in [3.63, 3.8) is 0 Å². The van der Waals surface area contributed by atoms with Crippen LogP contribution < -0.4 is 0 Å². The summed E-state index contributed by atoms with van der Waals surface area (Å²) in [6.45, 7) is 4.02. The number of carbonyl (C=O) groups is 2. The molecule has 5 nitrogen and oxygen atoms in total. The minimum Gasteiger partial charge on any atom is -0.335 e. The topological polar surface area (TPSA) is 53.5 Å². The fourth-order valence-corrected chi connectivity index (χ4v) is 3.94. The Morgan fingerprint density at radius 1 is 0.821 bits per heavy atom. The lowest BCUT2D eigenvalue weighted by Crippen LogP contribution is -2.50. The number of piperazine rings is 1. The molecule has 0 atom stereocenters. The van der Waals surface area contributed by atoms with E-state index < -0.39 is 0 Å². The van der Waals surface area contributed by atoms with Gasteiger partial charge in [-0.1, -0.05) is 42.5 Å². The Bertz CT molecular complexity index is 975. The minimum absolute atomic E-state index is 0.0104. The predicted octanol–water partition coefficient (Wildman–Crippen LogP) is 3.72. The molecule has 1 aliphatic heterocycles. The number of carbonyl (C=O) groups excluding carboxylic acids is 2. The van der Waals surface area contributed by atoms with Crippen LogP contribution in [0.3, 0.4) is 0 Å². The van der Waals surface area contributed by atoms with Gasteiger partial charge in [0.05, 0.1) is 5.01 Å². The lowest BCUT2D eigenvalue weighted by molar-refractivity contribution is 0.0532. The number of thiazole rings is 1. The molecule has 0 N–H and O–H groups in total. The van der Waals surface area contributed by atoms with Gasteiger partial charge in [0.25, 0.3) is 11.8 Å². The molecule has 0 aliphatic carbocycles. The average Bonchev–Trinajstić information content (AvgIpc) is 3.20. The second-order valence-electron chi connectivity index (χ2n) is 6.78. The van der Waals surface area contributed by atoms with E-state index in [2.05, 4.69) is 17.1 Å². The standard InChI is InChI=1S/C22H21N3O2S/c1-16-23-20(15-28-16)22(27)25-13-11-24(12-14-25)21(26)19-9-7-18(8-10-19)17-5-3-2-4-6-17/h2-10,15H,11-14H2,1H3. The average molecular weight is 391 g/mol. The highest BCUT2D eigenvalue weighted by Gasteiger charge is 2.26. The summed E-state index contributed by atoms with van der Waals surface area (Å²) in [5, 5.41) is 2.68. The number of hydrogen-bond donors (Lipinski definition) is 0. The van der Waals surface area contributed by atoms with Crippen molar-refractivity contribution in [3.8, 4) is 11.1 Å². The summed E-state index contributed by atoms with van der Waals surface area (Å²) in [7, 11) is 0. The Kier molecular flexibility index (Phi) is 5.21.